The summed E-state index contributed by atoms with van der Waals surface area (Å²) < 4.78 is 5.56. The van der Waals surface area contributed by atoms with Crippen molar-refractivity contribution in [2.75, 3.05) is 6.54 Å². The number of aliphatic hydroxyl groups is 1. The number of ether oxygens (including phenoxy) is 1. The van der Waals surface area contributed by atoms with Crippen LogP contribution in [0.1, 0.15) is 66.2 Å². The van der Waals surface area contributed by atoms with Gasteiger partial charge in [-0.1, -0.05) is 34.1 Å². The van der Waals surface area contributed by atoms with E-state index >= 15 is 0 Å². The van der Waals surface area contributed by atoms with Crippen molar-refractivity contribution in [1.82, 2.24) is 15.5 Å². The fourth-order valence-corrected chi connectivity index (χ4v) is 5.77. The Balaban J connectivity index is 1.44. The zero-order valence-electron chi connectivity index (χ0n) is 20.4. The highest BCUT2D eigenvalue weighted by Crippen LogP contribution is 2.52. The van der Waals surface area contributed by atoms with E-state index < -0.39 is 53.0 Å². The first-order valence-corrected chi connectivity index (χ1v) is 12.4. The maximum Gasteiger partial charge on any atom is 0.408 e. The van der Waals surface area contributed by atoms with E-state index in [2.05, 4.69) is 10.6 Å². The predicted molar refractivity (Wildman–Crippen MR) is 121 cm³/mol. The van der Waals surface area contributed by atoms with Crippen LogP contribution in [-0.2, 0) is 19.1 Å². The van der Waals surface area contributed by atoms with Gasteiger partial charge in [0.2, 0.25) is 11.8 Å². The van der Waals surface area contributed by atoms with Crippen molar-refractivity contribution in [2.45, 2.75) is 96.1 Å². The molecule has 0 aromatic rings. The number of nitrogens with zero attached hydrogens (tertiary/aromatic N) is 1. The van der Waals surface area contributed by atoms with Crippen molar-refractivity contribution in [3.63, 3.8) is 0 Å². The van der Waals surface area contributed by atoms with Crippen LogP contribution >= 0.6 is 0 Å². The van der Waals surface area contributed by atoms with E-state index in [9.17, 15) is 29.4 Å². The van der Waals surface area contributed by atoms with Crippen LogP contribution in [0, 0.1) is 23.2 Å². The minimum atomic E-state index is -1.32. The summed E-state index contributed by atoms with van der Waals surface area (Å²) >= 11 is 0. The van der Waals surface area contributed by atoms with E-state index in [-0.39, 0.29) is 25.0 Å². The fraction of sp³-hybridized carbons (Fsp3) is 0.833. The van der Waals surface area contributed by atoms with Crippen LogP contribution in [0.2, 0.25) is 0 Å². The zero-order chi connectivity index (χ0) is 25.0. The summed E-state index contributed by atoms with van der Waals surface area (Å²) in [5.74, 6) is -1.05. The van der Waals surface area contributed by atoms with Gasteiger partial charge in [-0.25, -0.2) is 9.59 Å². The Hall–Kier alpha value is -2.36. The average molecular weight is 480 g/mol. The third-order valence-corrected chi connectivity index (χ3v) is 8.04. The highest BCUT2D eigenvalue weighted by atomic mass is 16.6. The molecule has 4 aliphatic rings. The number of alkyl carbamates (subject to hydrolysis) is 1. The summed E-state index contributed by atoms with van der Waals surface area (Å²) in [6, 6.07) is -1.99. The molecule has 0 bridgehead atoms. The van der Waals surface area contributed by atoms with Gasteiger partial charge in [0.05, 0.1) is 6.10 Å². The van der Waals surface area contributed by atoms with Gasteiger partial charge in [-0.15, -0.1) is 0 Å². The zero-order valence-corrected chi connectivity index (χ0v) is 20.4. The van der Waals surface area contributed by atoms with Crippen LogP contribution in [0.3, 0.4) is 0 Å². The average Bonchev–Trinajstić information content (AvgIpc) is 3.56. The topological polar surface area (TPSA) is 145 Å². The molecule has 1 aliphatic heterocycles. The molecule has 1 saturated heterocycles. The molecule has 0 spiro atoms. The van der Waals surface area contributed by atoms with Gasteiger partial charge in [0, 0.05) is 13.0 Å². The minimum Gasteiger partial charge on any atom is -0.479 e. The number of hydrogen-bond donors (Lipinski definition) is 4. The summed E-state index contributed by atoms with van der Waals surface area (Å²) in [7, 11) is 0. The second-order valence-electron chi connectivity index (χ2n) is 11.7. The first-order chi connectivity index (χ1) is 15.9. The molecule has 8 atom stereocenters. The lowest BCUT2D eigenvalue weighted by Gasteiger charge is -2.35. The van der Waals surface area contributed by atoms with Gasteiger partial charge >= 0.3 is 12.1 Å². The number of likely N-dealkylation sites (tertiary alicyclic amines) is 1. The van der Waals surface area contributed by atoms with E-state index in [4.69, 9.17) is 4.74 Å². The molecule has 10 nitrogen and oxygen atoms in total. The molecule has 3 saturated carbocycles. The summed E-state index contributed by atoms with van der Waals surface area (Å²) in [5.41, 5.74) is -2.00. The third kappa shape index (κ3) is 4.74. The van der Waals surface area contributed by atoms with E-state index in [0.717, 1.165) is 12.8 Å². The lowest BCUT2D eigenvalue weighted by atomic mass is 9.85. The number of carboxylic acids is 1. The molecular weight excluding hydrogens is 442 g/mol. The van der Waals surface area contributed by atoms with E-state index in [1.165, 1.54) is 11.3 Å². The fourth-order valence-electron chi connectivity index (χ4n) is 5.77. The van der Waals surface area contributed by atoms with Crippen LogP contribution in [0.5, 0.6) is 0 Å². The molecule has 3 aliphatic carbocycles. The third-order valence-electron chi connectivity index (χ3n) is 8.04. The molecule has 4 fully saturated rings. The second-order valence-corrected chi connectivity index (χ2v) is 11.7. The number of aliphatic hydroxyl groups excluding tert-OH is 1. The molecule has 3 amide bonds. The van der Waals surface area contributed by atoms with Crippen LogP contribution in [0.25, 0.3) is 0 Å². The lowest BCUT2D eigenvalue weighted by molar-refractivity contribution is -0.146. The second kappa shape index (κ2) is 8.70. The number of hydrogen-bond acceptors (Lipinski definition) is 6. The summed E-state index contributed by atoms with van der Waals surface area (Å²) in [4.78, 5) is 52.3. The SMILES string of the molecule is CC[C@@H]1C[C@]1(NC(=O)[C@@H]1C[C@@H](O)CN1C(=O)C(NC(=O)OC1CC2C[C@H]2C1)C(C)(C)C)C(=O)O. The monoisotopic (exact) mass is 479 g/mol. The Labute approximate surface area is 199 Å². The van der Waals surface area contributed by atoms with Gasteiger partial charge in [0.1, 0.15) is 23.7 Å². The van der Waals surface area contributed by atoms with Crippen molar-refractivity contribution >= 4 is 23.9 Å². The molecule has 4 N–H and O–H groups in total. The van der Waals surface area contributed by atoms with Crippen molar-refractivity contribution in [1.29, 1.82) is 0 Å². The highest BCUT2D eigenvalue weighted by Gasteiger charge is 2.61. The summed E-state index contributed by atoms with van der Waals surface area (Å²) in [6.07, 6.45) is 2.17. The Morgan fingerprint density at radius 2 is 1.76 bits per heavy atom. The van der Waals surface area contributed by atoms with Crippen LogP contribution in [-0.4, -0.2) is 75.4 Å². The Kier molecular flexibility index (Phi) is 6.33. The molecule has 0 aromatic carbocycles. The lowest BCUT2D eigenvalue weighted by Crippen LogP contribution is -2.59. The Bertz CT molecular complexity index is 861. The van der Waals surface area contributed by atoms with Crippen molar-refractivity contribution < 1.29 is 34.1 Å². The molecule has 0 aromatic heterocycles. The summed E-state index contributed by atoms with van der Waals surface area (Å²) in [5, 5.41) is 25.3. The molecule has 0 radical (unpaired) electrons. The van der Waals surface area contributed by atoms with Gasteiger partial charge in [0.25, 0.3) is 0 Å². The smallest absolute Gasteiger partial charge is 0.408 e. The van der Waals surface area contributed by atoms with Gasteiger partial charge < -0.3 is 30.5 Å². The molecule has 4 rings (SSSR count). The number of nitrogens with one attached hydrogen (secondary N) is 2. The number of carboxylic acid groups (broad SMARTS) is 1. The molecule has 190 valence electrons. The standard InChI is InChI=1S/C24H37N3O7/c1-5-14-10-24(14,21(31)32)26-19(29)17-9-15(28)11-27(17)20(30)18(23(2,3)4)25-22(33)34-16-7-12-6-13(12)8-16/h12-18,28H,5-11H2,1-4H3,(H,25,33)(H,26,29)(H,31,32)/t12-,13?,14+,15+,16?,17-,18?,24+/m0/s1. The Morgan fingerprint density at radius 1 is 1.12 bits per heavy atom. The highest BCUT2D eigenvalue weighted by molar-refractivity contribution is 5.96. The first-order valence-electron chi connectivity index (χ1n) is 12.4. The van der Waals surface area contributed by atoms with Crippen LogP contribution in [0.4, 0.5) is 4.79 Å². The molecule has 3 unspecified atom stereocenters. The Morgan fingerprint density at radius 3 is 2.29 bits per heavy atom. The maximum absolute atomic E-state index is 13.6. The van der Waals surface area contributed by atoms with E-state index in [1.807, 2.05) is 6.92 Å². The molecular formula is C24H37N3O7. The first kappa shape index (κ1) is 24.8. The van der Waals surface area contributed by atoms with Gasteiger partial charge in [-0.2, -0.15) is 0 Å². The number of carbonyl (C=O) groups is 4. The van der Waals surface area contributed by atoms with Crippen molar-refractivity contribution in [3.05, 3.63) is 0 Å². The van der Waals surface area contributed by atoms with Crippen molar-refractivity contribution in [2.24, 2.45) is 23.2 Å². The molecule has 34 heavy (non-hydrogen) atoms. The van der Waals surface area contributed by atoms with E-state index in [1.54, 1.807) is 20.8 Å². The molecule has 1 heterocycles. The normalized spacial score (nSPS) is 36.9. The number of amides is 3. The van der Waals surface area contributed by atoms with Crippen LogP contribution < -0.4 is 10.6 Å². The van der Waals surface area contributed by atoms with Gasteiger partial charge in [-0.05, 0) is 48.9 Å². The van der Waals surface area contributed by atoms with Crippen molar-refractivity contribution in [3.8, 4) is 0 Å². The predicted octanol–water partition coefficient (Wildman–Crippen LogP) is 1.26. The number of aliphatic carboxylic acids is 1. The summed E-state index contributed by atoms with van der Waals surface area (Å²) in [6.45, 7) is 7.21. The van der Waals surface area contributed by atoms with Gasteiger partial charge in [-0.3, -0.25) is 9.59 Å². The van der Waals surface area contributed by atoms with Gasteiger partial charge in [0.15, 0.2) is 0 Å². The number of carbonyl (C=O) groups excluding carboxylic acids is 3. The maximum atomic E-state index is 13.6. The minimum absolute atomic E-state index is 0.0101. The number of rotatable bonds is 7. The number of fused-ring (bicyclic) bond motifs is 1. The number of β-amino-alcohol motifs (C(OH)–C–C–N with tert-alkyl or cyclic N) is 1. The largest absolute Gasteiger partial charge is 0.479 e. The quantitative estimate of drug-likeness (QED) is 0.430. The molecule has 10 heteroatoms. The van der Waals surface area contributed by atoms with Crippen LogP contribution in [0.15, 0.2) is 0 Å². The van der Waals surface area contributed by atoms with E-state index in [0.29, 0.717) is 24.7 Å².